The molecule has 108 valence electrons. The lowest BCUT2D eigenvalue weighted by molar-refractivity contribution is 0.226. The summed E-state index contributed by atoms with van der Waals surface area (Å²) in [4.78, 5) is 2.20. The SMILES string of the molecule is CC(c1cc2ccccc2o1)N(C)Cc1cccc(O)c1. The molecule has 0 bridgehead atoms. The van der Waals surface area contributed by atoms with Gasteiger partial charge in [0.25, 0.3) is 0 Å². The molecule has 1 N–H and O–H groups in total. The predicted octanol–water partition coefficient (Wildman–Crippen LogP) is 4.33. The summed E-state index contributed by atoms with van der Waals surface area (Å²) in [6.45, 7) is 2.88. The molecule has 0 saturated heterocycles. The average molecular weight is 281 g/mol. The molecule has 0 spiro atoms. The summed E-state index contributed by atoms with van der Waals surface area (Å²) in [5.41, 5.74) is 2.01. The van der Waals surface area contributed by atoms with Gasteiger partial charge < -0.3 is 9.52 Å². The van der Waals surface area contributed by atoms with Crippen molar-refractivity contribution in [2.45, 2.75) is 19.5 Å². The Hall–Kier alpha value is -2.26. The number of phenolic OH excluding ortho intramolecular Hbond substituents is 1. The minimum absolute atomic E-state index is 0.166. The van der Waals surface area contributed by atoms with Gasteiger partial charge in [-0.25, -0.2) is 0 Å². The Balaban J connectivity index is 1.78. The fourth-order valence-electron chi connectivity index (χ4n) is 2.51. The lowest BCUT2D eigenvalue weighted by Gasteiger charge is -2.23. The maximum Gasteiger partial charge on any atom is 0.134 e. The number of nitrogens with zero attached hydrogens (tertiary/aromatic N) is 1. The molecule has 0 aliphatic carbocycles. The van der Waals surface area contributed by atoms with Crippen LogP contribution in [0.3, 0.4) is 0 Å². The maximum absolute atomic E-state index is 9.54. The summed E-state index contributed by atoms with van der Waals surface area (Å²) in [6, 6.07) is 17.7. The van der Waals surface area contributed by atoms with Crippen LogP contribution < -0.4 is 0 Å². The van der Waals surface area contributed by atoms with Gasteiger partial charge in [-0.2, -0.15) is 0 Å². The van der Waals surface area contributed by atoms with Gasteiger partial charge in [-0.1, -0.05) is 30.3 Å². The summed E-state index contributed by atoms with van der Waals surface area (Å²) in [7, 11) is 2.06. The minimum atomic E-state index is 0.166. The first-order chi connectivity index (χ1) is 10.1. The van der Waals surface area contributed by atoms with E-state index in [4.69, 9.17) is 4.42 Å². The second kappa shape index (κ2) is 5.62. The summed E-state index contributed by atoms with van der Waals surface area (Å²) >= 11 is 0. The monoisotopic (exact) mass is 281 g/mol. The molecule has 1 aromatic heterocycles. The van der Waals surface area contributed by atoms with Crippen LogP contribution in [0.25, 0.3) is 11.0 Å². The normalized spacial score (nSPS) is 12.9. The number of benzene rings is 2. The molecule has 0 radical (unpaired) electrons. The first-order valence-electron chi connectivity index (χ1n) is 7.10. The number of fused-ring (bicyclic) bond motifs is 1. The smallest absolute Gasteiger partial charge is 0.134 e. The van der Waals surface area contributed by atoms with E-state index >= 15 is 0 Å². The molecule has 0 aliphatic heterocycles. The van der Waals surface area contributed by atoms with E-state index < -0.39 is 0 Å². The third-order valence-corrected chi connectivity index (χ3v) is 3.86. The standard InChI is InChI=1S/C18H19NO2/c1-13(18-11-15-7-3-4-9-17(15)21-18)19(2)12-14-6-5-8-16(20)10-14/h3-11,13,20H,12H2,1-2H3. The second-order valence-corrected chi connectivity index (χ2v) is 5.45. The summed E-state index contributed by atoms with van der Waals surface area (Å²) < 4.78 is 5.92. The molecule has 0 aliphatic rings. The van der Waals surface area contributed by atoms with E-state index in [1.54, 1.807) is 12.1 Å². The lowest BCUT2D eigenvalue weighted by Crippen LogP contribution is -2.21. The molecule has 3 rings (SSSR count). The Kier molecular flexibility index (Phi) is 3.67. The van der Waals surface area contributed by atoms with Crippen molar-refractivity contribution in [1.82, 2.24) is 4.90 Å². The lowest BCUT2D eigenvalue weighted by atomic mass is 10.1. The zero-order chi connectivity index (χ0) is 14.8. The van der Waals surface area contributed by atoms with Gasteiger partial charge in [-0.05, 0) is 43.8 Å². The molecule has 1 unspecified atom stereocenters. The van der Waals surface area contributed by atoms with Gasteiger partial charge in [-0.15, -0.1) is 0 Å². The second-order valence-electron chi connectivity index (χ2n) is 5.45. The van der Waals surface area contributed by atoms with Crippen LogP contribution in [-0.2, 0) is 6.54 Å². The highest BCUT2D eigenvalue weighted by molar-refractivity contribution is 5.77. The van der Waals surface area contributed by atoms with Crippen LogP contribution in [0.15, 0.2) is 59.0 Å². The molecule has 0 saturated carbocycles. The first-order valence-corrected chi connectivity index (χ1v) is 7.10. The Morgan fingerprint density at radius 1 is 1.10 bits per heavy atom. The molecule has 21 heavy (non-hydrogen) atoms. The highest BCUT2D eigenvalue weighted by Gasteiger charge is 2.16. The Labute approximate surface area is 124 Å². The van der Waals surface area contributed by atoms with E-state index in [1.807, 2.05) is 30.3 Å². The quantitative estimate of drug-likeness (QED) is 0.773. The van der Waals surface area contributed by atoms with Crippen LogP contribution in [0.4, 0.5) is 0 Å². The number of aromatic hydroxyl groups is 1. The van der Waals surface area contributed by atoms with Crippen molar-refractivity contribution in [2.24, 2.45) is 0 Å². The highest BCUT2D eigenvalue weighted by Crippen LogP contribution is 2.27. The number of para-hydroxylation sites is 1. The molecule has 2 aromatic carbocycles. The van der Waals surface area contributed by atoms with Crippen molar-refractivity contribution in [3.63, 3.8) is 0 Å². The first kappa shape index (κ1) is 13.7. The van der Waals surface area contributed by atoms with Crippen LogP contribution in [0.1, 0.15) is 24.3 Å². The molecule has 0 amide bonds. The van der Waals surface area contributed by atoms with Crippen molar-refractivity contribution in [3.05, 3.63) is 65.9 Å². The number of furan rings is 1. The fraction of sp³-hybridized carbons (Fsp3) is 0.222. The minimum Gasteiger partial charge on any atom is -0.508 e. The summed E-state index contributed by atoms with van der Waals surface area (Å²) in [5.74, 6) is 1.26. The molecule has 3 aromatic rings. The van der Waals surface area contributed by atoms with Gasteiger partial charge in [0, 0.05) is 11.9 Å². The van der Waals surface area contributed by atoms with Gasteiger partial charge in [0.1, 0.15) is 17.1 Å². The third kappa shape index (κ3) is 2.93. The number of rotatable bonds is 4. The van der Waals surface area contributed by atoms with Gasteiger partial charge >= 0.3 is 0 Å². The van der Waals surface area contributed by atoms with Crippen LogP contribution in [0, 0.1) is 0 Å². The summed E-state index contributed by atoms with van der Waals surface area (Å²) in [5, 5.41) is 10.7. The Morgan fingerprint density at radius 2 is 1.90 bits per heavy atom. The van der Waals surface area contributed by atoms with E-state index in [-0.39, 0.29) is 6.04 Å². The van der Waals surface area contributed by atoms with Crippen molar-refractivity contribution in [2.75, 3.05) is 7.05 Å². The molecule has 1 heterocycles. The van der Waals surface area contributed by atoms with E-state index in [0.717, 1.165) is 28.8 Å². The zero-order valence-corrected chi connectivity index (χ0v) is 12.3. The maximum atomic E-state index is 9.54. The van der Waals surface area contributed by atoms with Crippen LogP contribution >= 0.6 is 0 Å². The topological polar surface area (TPSA) is 36.6 Å². The van der Waals surface area contributed by atoms with Crippen molar-refractivity contribution >= 4 is 11.0 Å². The van der Waals surface area contributed by atoms with Gasteiger partial charge in [-0.3, -0.25) is 4.90 Å². The van der Waals surface area contributed by atoms with Crippen molar-refractivity contribution in [1.29, 1.82) is 0 Å². The third-order valence-electron chi connectivity index (χ3n) is 3.86. The van der Waals surface area contributed by atoms with Crippen LogP contribution in [0.5, 0.6) is 5.75 Å². The van der Waals surface area contributed by atoms with E-state index in [2.05, 4.69) is 31.0 Å². The van der Waals surface area contributed by atoms with Crippen LogP contribution in [-0.4, -0.2) is 17.1 Å². The molecule has 0 fully saturated rings. The summed E-state index contributed by atoms with van der Waals surface area (Å²) in [6.07, 6.45) is 0. The number of hydrogen-bond acceptors (Lipinski definition) is 3. The number of phenols is 1. The van der Waals surface area contributed by atoms with E-state index in [0.29, 0.717) is 5.75 Å². The predicted molar refractivity (Wildman–Crippen MR) is 84.2 cm³/mol. The average Bonchev–Trinajstić information content (AvgIpc) is 2.90. The number of hydrogen-bond donors (Lipinski definition) is 1. The molecule has 3 heteroatoms. The van der Waals surface area contributed by atoms with Crippen molar-refractivity contribution < 1.29 is 9.52 Å². The van der Waals surface area contributed by atoms with E-state index in [1.165, 1.54) is 0 Å². The van der Waals surface area contributed by atoms with E-state index in [9.17, 15) is 5.11 Å². The van der Waals surface area contributed by atoms with Gasteiger partial charge in [0.15, 0.2) is 0 Å². The van der Waals surface area contributed by atoms with Gasteiger partial charge in [0.2, 0.25) is 0 Å². The molecular formula is C18H19NO2. The molecule has 3 nitrogen and oxygen atoms in total. The largest absolute Gasteiger partial charge is 0.508 e. The van der Waals surface area contributed by atoms with Crippen molar-refractivity contribution in [3.8, 4) is 5.75 Å². The van der Waals surface area contributed by atoms with Crippen LogP contribution in [0.2, 0.25) is 0 Å². The zero-order valence-electron chi connectivity index (χ0n) is 12.3. The Bertz CT molecular complexity index is 715. The molecule has 1 atom stereocenters. The Morgan fingerprint density at radius 3 is 2.67 bits per heavy atom. The highest BCUT2D eigenvalue weighted by atomic mass is 16.3. The fourth-order valence-corrected chi connectivity index (χ4v) is 2.51. The van der Waals surface area contributed by atoms with Gasteiger partial charge in [0.05, 0.1) is 6.04 Å². The molecular weight excluding hydrogens is 262 g/mol.